The highest BCUT2D eigenvalue weighted by Gasteiger charge is 2.63. The topological polar surface area (TPSA) is 71.5 Å². The number of hydrogen-bond donors (Lipinski definition) is 1. The van der Waals surface area contributed by atoms with E-state index >= 15 is 0 Å². The molecule has 1 aromatic carbocycles. The van der Waals surface area contributed by atoms with Gasteiger partial charge >= 0.3 is 0 Å². The number of halogens is 1. The maximum atomic E-state index is 12.9. The Kier molecular flexibility index (Phi) is 4.56. The first-order valence-corrected chi connectivity index (χ1v) is 10.3. The van der Waals surface area contributed by atoms with E-state index in [1.54, 1.807) is 48.8 Å². The van der Waals surface area contributed by atoms with Crippen LogP contribution in [-0.2, 0) is 4.74 Å². The van der Waals surface area contributed by atoms with Crippen molar-refractivity contribution in [3.63, 3.8) is 0 Å². The summed E-state index contributed by atoms with van der Waals surface area (Å²) in [6.45, 7) is 1.82. The van der Waals surface area contributed by atoms with Gasteiger partial charge in [-0.05, 0) is 49.2 Å². The number of carbonyl (C=O) groups is 2. The van der Waals surface area contributed by atoms with E-state index < -0.39 is 0 Å². The molecular formula is C22H22ClN3O3. The molecule has 0 radical (unpaired) electrons. The molecule has 2 aromatic rings. The second-order valence-electron chi connectivity index (χ2n) is 8.17. The summed E-state index contributed by atoms with van der Waals surface area (Å²) in [5, 5.41) is 3.66. The van der Waals surface area contributed by atoms with Crippen LogP contribution in [0.1, 0.15) is 33.6 Å². The third-order valence-corrected chi connectivity index (χ3v) is 6.84. The summed E-state index contributed by atoms with van der Waals surface area (Å²) in [7, 11) is 0. The normalized spacial score (nSPS) is 29.7. The smallest absolute Gasteiger partial charge is 0.255 e. The Morgan fingerprint density at radius 1 is 1.24 bits per heavy atom. The molecule has 150 valence electrons. The second-order valence-corrected chi connectivity index (χ2v) is 8.61. The van der Waals surface area contributed by atoms with Gasteiger partial charge in [0.25, 0.3) is 11.8 Å². The van der Waals surface area contributed by atoms with Crippen LogP contribution < -0.4 is 5.32 Å². The third-order valence-electron chi connectivity index (χ3n) is 6.58. The lowest BCUT2D eigenvalue weighted by Crippen LogP contribution is -2.41. The van der Waals surface area contributed by atoms with Crippen molar-refractivity contribution in [2.75, 3.05) is 19.6 Å². The fraction of sp³-hybridized carbons (Fsp3) is 0.409. The van der Waals surface area contributed by atoms with Gasteiger partial charge < -0.3 is 15.0 Å². The van der Waals surface area contributed by atoms with Crippen molar-refractivity contribution in [3.8, 4) is 0 Å². The maximum Gasteiger partial charge on any atom is 0.255 e. The Hall–Kier alpha value is -2.44. The summed E-state index contributed by atoms with van der Waals surface area (Å²) in [6.07, 6.45) is 5.38. The SMILES string of the molecule is O=C(NC[C@H]1[C@H]2CN(C(=O)c3cccnc3)C[C@]23CC[C@H]1O3)c1ccc(Cl)cc1. The number of carbonyl (C=O) groups excluding carboxylic acids is 2. The number of hydrogen-bond acceptors (Lipinski definition) is 4. The van der Waals surface area contributed by atoms with Crippen molar-refractivity contribution < 1.29 is 14.3 Å². The van der Waals surface area contributed by atoms with E-state index in [2.05, 4.69) is 10.3 Å². The predicted molar refractivity (Wildman–Crippen MR) is 108 cm³/mol. The summed E-state index contributed by atoms with van der Waals surface area (Å²) < 4.78 is 6.39. The van der Waals surface area contributed by atoms with Gasteiger partial charge in [0.15, 0.2) is 0 Å². The molecule has 29 heavy (non-hydrogen) atoms. The third kappa shape index (κ3) is 3.20. The number of rotatable bonds is 4. The quantitative estimate of drug-likeness (QED) is 0.839. The van der Waals surface area contributed by atoms with Crippen LogP contribution in [0.3, 0.4) is 0 Å². The van der Waals surface area contributed by atoms with Crippen molar-refractivity contribution in [3.05, 3.63) is 64.9 Å². The molecule has 1 N–H and O–H groups in total. The second kappa shape index (κ2) is 7.11. The molecule has 0 aliphatic carbocycles. The Balaban J connectivity index is 1.27. The molecule has 5 rings (SSSR count). The average molecular weight is 412 g/mol. The summed E-state index contributed by atoms with van der Waals surface area (Å²) in [6, 6.07) is 10.4. The Morgan fingerprint density at radius 3 is 2.83 bits per heavy atom. The number of nitrogens with one attached hydrogen (secondary N) is 1. The van der Waals surface area contributed by atoms with Crippen molar-refractivity contribution in [2.24, 2.45) is 11.8 Å². The Labute approximate surface area is 174 Å². The number of pyridine rings is 1. The fourth-order valence-electron chi connectivity index (χ4n) is 5.20. The first-order chi connectivity index (χ1) is 14.1. The van der Waals surface area contributed by atoms with Crippen LogP contribution in [0.4, 0.5) is 0 Å². The number of ether oxygens (including phenoxy) is 1. The number of aromatic nitrogens is 1. The van der Waals surface area contributed by atoms with Gasteiger partial charge in [0, 0.05) is 47.9 Å². The van der Waals surface area contributed by atoms with Crippen LogP contribution in [0.15, 0.2) is 48.8 Å². The molecule has 2 amide bonds. The average Bonchev–Trinajstić information content (AvgIpc) is 3.41. The van der Waals surface area contributed by atoms with E-state index in [9.17, 15) is 9.59 Å². The zero-order chi connectivity index (χ0) is 20.0. The summed E-state index contributed by atoms with van der Waals surface area (Å²) in [5.41, 5.74) is 0.928. The van der Waals surface area contributed by atoms with Crippen molar-refractivity contribution in [1.82, 2.24) is 15.2 Å². The van der Waals surface area contributed by atoms with Crippen LogP contribution in [0.5, 0.6) is 0 Å². The van der Waals surface area contributed by atoms with Gasteiger partial charge in [-0.1, -0.05) is 11.6 Å². The van der Waals surface area contributed by atoms with Gasteiger partial charge in [0.2, 0.25) is 0 Å². The number of nitrogens with zero attached hydrogens (tertiary/aromatic N) is 2. The molecule has 4 atom stereocenters. The van der Waals surface area contributed by atoms with Crippen LogP contribution in [0.25, 0.3) is 0 Å². The molecule has 3 aliphatic rings. The molecule has 4 heterocycles. The lowest BCUT2D eigenvalue weighted by molar-refractivity contribution is 0.00316. The zero-order valence-electron chi connectivity index (χ0n) is 15.9. The first-order valence-electron chi connectivity index (χ1n) is 9.97. The van der Waals surface area contributed by atoms with Gasteiger partial charge in [-0.15, -0.1) is 0 Å². The summed E-state index contributed by atoms with van der Waals surface area (Å²) in [4.78, 5) is 31.3. The standard InChI is InChI=1S/C22H22ClN3O3/c23-16-5-3-14(4-6-16)20(27)25-11-17-18-12-26(13-22(18)8-7-19(17)29-22)21(28)15-2-1-9-24-10-15/h1-6,9-10,17-19H,7-8,11-13H2,(H,25,27)/t17-,18+,19+,22+/m0/s1. The van der Waals surface area contributed by atoms with Crippen molar-refractivity contribution in [2.45, 2.75) is 24.5 Å². The molecule has 3 fully saturated rings. The van der Waals surface area contributed by atoms with Gasteiger partial charge in [-0.2, -0.15) is 0 Å². The molecule has 0 saturated carbocycles. The van der Waals surface area contributed by atoms with E-state index in [0.29, 0.717) is 35.8 Å². The van der Waals surface area contributed by atoms with Gasteiger partial charge in [-0.3, -0.25) is 14.6 Å². The van der Waals surface area contributed by atoms with Crippen LogP contribution in [0.2, 0.25) is 5.02 Å². The number of benzene rings is 1. The number of likely N-dealkylation sites (tertiary alicyclic amines) is 1. The number of amides is 2. The molecule has 3 aliphatic heterocycles. The number of fused-ring (bicyclic) bond motifs is 1. The molecule has 6 nitrogen and oxygen atoms in total. The first kappa shape index (κ1) is 18.6. The maximum absolute atomic E-state index is 12.9. The lowest BCUT2D eigenvalue weighted by Gasteiger charge is -2.29. The molecule has 0 unspecified atom stereocenters. The van der Waals surface area contributed by atoms with E-state index in [4.69, 9.17) is 16.3 Å². The molecular weight excluding hydrogens is 390 g/mol. The largest absolute Gasteiger partial charge is 0.369 e. The fourth-order valence-corrected chi connectivity index (χ4v) is 5.33. The molecule has 7 heteroatoms. The highest BCUT2D eigenvalue weighted by molar-refractivity contribution is 6.30. The van der Waals surface area contributed by atoms with Crippen LogP contribution in [-0.4, -0.2) is 53.0 Å². The van der Waals surface area contributed by atoms with Crippen LogP contribution in [0, 0.1) is 11.8 Å². The van der Waals surface area contributed by atoms with Gasteiger partial charge in [0.1, 0.15) is 0 Å². The Morgan fingerprint density at radius 2 is 2.07 bits per heavy atom. The minimum absolute atomic E-state index is 0.00197. The highest BCUT2D eigenvalue weighted by Crippen LogP contribution is 2.54. The van der Waals surface area contributed by atoms with E-state index in [-0.39, 0.29) is 35.4 Å². The lowest BCUT2D eigenvalue weighted by atomic mass is 9.73. The Bertz CT molecular complexity index is 936. The summed E-state index contributed by atoms with van der Waals surface area (Å²) in [5.74, 6) is 0.344. The van der Waals surface area contributed by atoms with E-state index in [0.717, 1.165) is 12.8 Å². The molecule has 1 aromatic heterocycles. The van der Waals surface area contributed by atoms with Gasteiger partial charge in [0.05, 0.1) is 23.8 Å². The van der Waals surface area contributed by atoms with Crippen molar-refractivity contribution >= 4 is 23.4 Å². The van der Waals surface area contributed by atoms with E-state index in [1.807, 2.05) is 4.90 Å². The monoisotopic (exact) mass is 411 g/mol. The molecule has 2 bridgehead atoms. The molecule has 1 spiro atoms. The minimum Gasteiger partial charge on any atom is -0.369 e. The van der Waals surface area contributed by atoms with Crippen molar-refractivity contribution in [1.29, 1.82) is 0 Å². The zero-order valence-corrected chi connectivity index (χ0v) is 16.6. The predicted octanol–water partition coefficient (Wildman–Crippen LogP) is 2.78. The van der Waals surface area contributed by atoms with E-state index in [1.165, 1.54) is 0 Å². The highest BCUT2D eigenvalue weighted by atomic mass is 35.5. The molecule has 3 saturated heterocycles. The van der Waals surface area contributed by atoms with Gasteiger partial charge in [-0.25, -0.2) is 0 Å². The minimum atomic E-state index is -0.266. The summed E-state index contributed by atoms with van der Waals surface area (Å²) >= 11 is 5.90. The van der Waals surface area contributed by atoms with Crippen LogP contribution >= 0.6 is 11.6 Å².